The molecule has 2 fully saturated rings. The van der Waals surface area contributed by atoms with Crippen molar-refractivity contribution in [3.8, 4) is 0 Å². The molecule has 0 aliphatic carbocycles. The van der Waals surface area contributed by atoms with E-state index in [2.05, 4.69) is 15.4 Å². The number of aryl methyl sites for hydroxylation is 2. The van der Waals surface area contributed by atoms with Crippen LogP contribution in [-0.4, -0.2) is 41.8 Å². The number of likely N-dealkylation sites (tertiary alicyclic amines) is 1. The Hall–Kier alpha value is -2.32. The van der Waals surface area contributed by atoms with E-state index in [1.807, 2.05) is 13.8 Å². The number of piperidine rings is 1. The second-order valence-corrected chi connectivity index (χ2v) is 8.38. The molecule has 4 rings (SSSR count). The molecule has 3 heterocycles. The molecule has 2 aromatic rings. The van der Waals surface area contributed by atoms with Crippen LogP contribution in [0.25, 0.3) is 0 Å². The van der Waals surface area contributed by atoms with Crippen LogP contribution in [0.1, 0.15) is 35.4 Å². The van der Waals surface area contributed by atoms with Crippen LogP contribution in [-0.2, 0) is 22.6 Å². The number of aromatic nitrogens is 1. The number of halogens is 2. The van der Waals surface area contributed by atoms with E-state index in [4.69, 9.17) is 9.26 Å². The van der Waals surface area contributed by atoms with Crippen LogP contribution in [0.5, 0.6) is 0 Å². The summed E-state index contributed by atoms with van der Waals surface area (Å²) in [6.45, 7) is 7.33. The number of carbonyl (C=O) groups is 1. The number of rotatable bonds is 6. The maximum Gasteiger partial charge on any atom is 0.222 e. The summed E-state index contributed by atoms with van der Waals surface area (Å²) in [6, 6.07) is 3.26. The number of hydrogen-bond acceptors (Lipinski definition) is 5. The van der Waals surface area contributed by atoms with E-state index in [1.54, 1.807) is 0 Å². The summed E-state index contributed by atoms with van der Waals surface area (Å²) in [4.78, 5) is 14.8. The highest BCUT2D eigenvalue weighted by atomic mass is 19.1. The van der Waals surface area contributed by atoms with Gasteiger partial charge in [0.2, 0.25) is 5.91 Å². The van der Waals surface area contributed by atoms with Crippen molar-refractivity contribution in [2.24, 2.45) is 11.8 Å². The first-order valence-corrected chi connectivity index (χ1v) is 10.4. The van der Waals surface area contributed by atoms with E-state index in [-0.39, 0.29) is 25.0 Å². The average Bonchev–Trinajstić information content (AvgIpc) is 3.23. The second-order valence-electron chi connectivity index (χ2n) is 8.38. The summed E-state index contributed by atoms with van der Waals surface area (Å²) in [7, 11) is 0. The number of nitrogens with one attached hydrogen (secondary N) is 1. The van der Waals surface area contributed by atoms with Crippen molar-refractivity contribution in [3.05, 3.63) is 52.4 Å². The summed E-state index contributed by atoms with van der Waals surface area (Å²) >= 11 is 0. The van der Waals surface area contributed by atoms with Gasteiger partial charge in [-0.15, -0.1) is 0 Å². The second kappa shape index (κ2) is 8.81. The van der Waals surface area contributed by atoms with Crippen LogP contribution in [0.3, 0.4) is 0 Å². The van der Waals surface area contributed by atoms with Gasteiger partial charge in [-0.25, -0.2) is 8.78 Å². The van der Waals surface area contributed by atoms with E-state index in [1.165, 1.54) is 12.1 Å². The van der Waals surface area contributed by atoms with Crippen molar-refractivity contribution in [2.45, 2.75) is 45.9 Å². The minimum Gasteiger partial charge on any atom is -0.377 e. The first-order chi connectivity index (χ1) is 14.4. The average molecular weight is 419 g/mol. The molecule has 8 heteroatoms. The van der Waals surface area contributed by atoms with Crippen molar-refractivity contribution in [1.29, 1.82) is 0 Å². The summed E-state index contributed by atoms with van der Waals surface area (Å²) in [5.74, 6) is 0.153. The van der Waals surface area contributed by atoms with Crippen molar-refractivity contribution >= 4 is 5.91 Å². The van der Waals surface area contributed by atoms with Gasteiger partial charge in [-0.2, -0.15) is 0 Å². The molecule has 1 N–H and O–H groups in total. The third kappa shape index (κ3) is 4.70. The highest BCUT2D eigenvalue weighted by molar-refractivity contribution is 5.76. The maximum absolute atomic E-state index is 13.3. The number of carbonyl (C=O) groups excluding carboxylic acids is 1. The molecular weight excluding hydrogens is 392 g/mol. The Morgan fingerprint density at radius 2 is 2.03 bits per heavy atom. The maximum atomic E-state index is 13.3. The third-order valence-corrected chi connectivity index (χ3v) is 6.24. The molecule has 0 spiro atoms. The molecule has 2 aliphatic rings. The number of fused-ring (bicyclic) bond motifs is 1. The zero-order chi connectivity index (χ0) is 21.3. The fraction of sp³-hybridized carbons (Fsp3) is 0.545. The minimum atomic E-state index is -0.649. The molecule has 0 saturated carbocycles. The number of ether oxygens (including phenoxy) is 1. The van der Waals surface area contributed by atoms with Gasteiger partial charge in [0.15, 0.2) is 0 Å². The highest BCUT2D eigenvalue weighted by Gasteiger charge is 2.41. The van der Waals surface area contributed by atoms with Gasteiger partial charge in [-0.05, 0) is 50.4 Å². The van der Waals surface area contributed by atoms with Crippen molar-refractivity contribution < 1.29 is 22.8 Å². The zero-order valence-corrected chi connectivity index (χ0v) is 17.3. The lowest BCUT2D eigenvalue weighted by Gasteiger charge is -2.35. The first-order valence-electron chi connectivity index (χ1n) is 10.4. The molecule has 30 heavy (non-hydrogen) atoms. The molecule has 6 nitrogen and oxygen atoms in total. The largest absolute Gasteiger partial charge is 0.377 e. The number of amides is 1. The van der Waals surface area contributed by atoms with E-state index in [0.29, 0.717) is 24.0 Å². The van der Waals surface area contributed by atoms with Gasteiger partial charge in [0, 0.05) is 37.2 Å². The fourth-order valence-corrected chi connectivity index (χ4v) is 4.64. The molecule has 1 aromatic heterocycles. The van der Waals surface area contributed by atoms with Crippen LogP contribution in [0, 0.1) is 37.3 Å². The molecule has 0 radical (unpaired) electrons. The van der Waals surface area contributed by atoms with Gasteiger partial charge in [0.05, 0.1) is 24.8 Å². The Morgan fingerprint density at radius 3 is 2.73 bits per heavy atom. The fourth-order valence-electron chi connectivity index (χ4n) is 4.64. The number of hydrogen-bond donors (Lipinski definition) is 1. The van der Waals surface area contributed by atoms with Gasteiger partial charge >= 0.3 is 0 Å². The summed E-state index contributed by atoms with van der Waals surface area (Å²) < 4.78 is 37.8. The lowest BCUT2D eigenvalue weighted by Crippen LogP contribution is -2.42. The Labute approximate surface area is 174 Å². The normalized spacial score (nSPS) is 24.1. The predicted octanol–water partition coefficient (Wildman–Crippen LogP) is 3.11. The van der Waals surface area contributed by atoms with Gasteiger partial charge < -0.3 is 14.6 Å². The molecular formula is C22H27F2N3O3. The van der Waals surface area contributed by atoms with E-state index in [9.17, 15) is 13.6 Å². The number of nitrogens with zero attached hydrogens (tertiary/aromatic N) is 2. The van der Waals surface area contributed by atoms with Gasteiger partial charge in [-0.3, -0.25) is 9.69 Å². The molecule has 0 unspecified atom stereocenters. The lowest BCUT2D eigenvalue weighted by molar-refractivity contribution is -0.124. The number of benzene rings is 1. The monoisotopic (exact) mass is 419 g/mol. The standard InChI is InChI=1S/C22H27F2N3O3/c1-13-20(14(2)30-26-13)11-27-4-3-19-16(10-27)12-29-21(19)8-22(28)25-9-15-5-17(23)7-18(24)6-15/h5-7,16,19,21H,3-4,8-12H2,1-2H3,(H,25,28)/t16-,19-,21+/m1/s1. The Kier molecular flexibility index (Phi) is 6.15. The molecule has 1 aromatic carbocycles. The molecule has 2 saturated heterocycles. The Morgan fingerprint density at radius 1 is 1.27 bits per heavy atom. The third-order valence-electron chi connectivity index (χ3n) is 6.24. The van der Waals surface area contributed by atoms with Crippen molar-refractivity contribution in [3.63, 3.8) is 0 Å². The van der Waals surface area contributed by atoms with Crippen molar-refractivity contribution in [2.75, 3.05) is 19.7 Å². The van der Waals surface area contributed by atoms with E-state index in [0.717, 1.165) is 49.1 Å². The Balaban J connectivity index is 1.27. The van der Waals surface area contributed by atoms with Crippen LogP contribution in [0.2, 0.25) is 0 Å². The summed E-state index contributed by atoms with van der Waals surface area (Å²) in [5, 5.41) is 6.78. The van der Waals surface area contributed by atoms with Crippen molar-refractivity contribution in [1.82, 2.24) is 15.4 Å². The molecule has 162 valence electrons. The van der Waals surface area contributed by atoms with Crippen LogP contribution < -0.4 is 5.32 Å². The van der Waals surface area contributed by atoms with Gasteiger partial charge in [0.1, 0.15) is 17.4 Å². The first kappa shape index (κ1) is 20.9. The topological polar surface area (TPSA) is 67.6 Å². The summed E-state index contributed by atoms with van der Waals surface area (Å²) in [6.07, 6.45) is 1.13. The molecule has 3 atom stereocenters. The smallest absolute Gasteiger partial charge is 0.222 e. The highest BCUT2D eigenvalue weighted by Crippen LogP contribution is 2.36. The lowest BCUT2D eigenvalue weighted by atomic mass is 9.83. The zero-order valence-electron chi connectivity index (χ0n) is 17.3. The molecule has 1 amide bonds. The van der Waals surface area contributed by atoms with Crippen LogP contribution in [0.4, 0.5) is 8.78 Å². The SMILES string of the molecule is Cc1noc(C)c1CN1CC[C@@H]2[C@@H](CO[C@H]2CC(=O)NCc2cc(F)cc(F)c2)C1. The van der Waals surface area contributed by atoms with E-state index < -0.39 is 11.6 Å². The Bertz CT molecular complexity index is 877. The van der Waals surface area contributed by atoms with Crippen LogP contribution >= 0.6 is 0 Å². The van der Waals surface area contributed by atoms with Gasteiger partial charge in [0.25, 0.3) is 0 Å². The predicted molar refractivity (Wildman–Crippen MR) is 105 cm³/mol. The molecule has 0 bridgehead atoms. The quantitative estimate of drug-likeness (QED) is 0.779. The molecule has 2 aliphatic heterocycles. The minimum absolute atomic E-state index is 0.0968. The van der Waals surface area contributed by atoms with E-state index >= 15 is 0 Å². The van der Waals surface area contributed by atoms with Crippen LogP contribution in [0.15, 0.2) is 22.7 Å². The summed E-state index contributed by atoms with van der Waals surface area (Å²) in [5.41, 5.74) is 2.49. The van der Waals surface area contributed by atoms with Gasteiger partial charge in [-0.1, -0.05) is 5.16 Å².